The lowest BCUT2D eigenvalue weighted by Gasteiger charge is -2.39. The van der Waals surface area contributed by atoms with Gasteiger partial charge in [0, 0.05) is 50.2 Å². The first-order valence-electron chi connectivity index (χ1n) is 11.1. The second kappa shape index (κ2) is 9.10. The van der Waals surface area contributed by atoms with Crippen LogP contribution in [0.25, 0.3) is 0 Å². The van der Waals surface area contributed by atoms with Gasteiger partial charge in [0.2, 0.25) is 5.91 Å². The molecule has 0 aliphatic carbocycles. The maximum Gasteiger partial charge on any atom is 0.251 e. The third-order valence-electron chi connectivity index (χ3n) is 6.45. The molecule has 6 nitrogen and oxygen atoms in total. The normalized spacial score (nSPS) is 21.3. The zero-order chi connectivity index (χ0) is 22.0. The number of benzene rings is 2. The van der Waals surface area contributed by atoms with Crippen LogP contribution in [-0.2, 0) is 9.53 Å². The highest BCUT2D eigenvalue weighted by molar-refractivity contribution is 5.97. The van der Waals surface area contributed by atoms with E-state index in [1.54, 1.807) is 20.0 Å². The summed E-state index contributed by atoms with van der Waals surface area (Å²) in [7, 11) is 1.63. The summed E-state index contributed by atoms with van der Waals surface area (Å²) >= 11 is 0. The van der Waals surface area contributed by atoms with Gasteiger partial charge in [-0.05, 0) is 73.6 Å². The van der Waals surface area contributed by atoms with Gasteiger partial charge in [-0.15, -0.1) is 0 Å². The molecule has 0 radical (unpaired) electrons. The van der Waals surface area contributed by atoms with Crippen molar-refractivity contribution in [2.45, 2.75) is 51.1 Å². The zero-order valence-corrected chi connectivity index (χ0v) is 18.5. The molecule has 31 heavy (non-hydrogen) atoms. The van der Waals surface area contributed by atoms with Gasteiger partial charge < -0.3 is 20.3 Å². The van der Waals surface area contributed by atoms with Crippen LogP contribution in [0, 0.1) is 0 Å². The summed E-state index contributed by atoms with van der Waals surface area (Å²) in [5.74, 6) is 0.452. The Bertz CT molecular complexity index is 951. The monoisotopic (exact) mass is 421 g/mol. The van der Waals surface area contributed by atoms with E-state index in [-0.39, 0.29) is 23.9 Å². The lowest BCUT2D eigenvalue weighted by molar-refractivity contribution is -0.117. The van der Waals surface area contributed by atoms with Crippen molar-refractivity contribution in [2.75, 3.05) is 30.5 Å². The van der Waals surface area contributed by atoms with Crippen molar-refractivity contribution in [3.8, 4) is 0 Å². The van der Waals surface area contributed by atoms with Gasteiger partial charge in [0.05, 0.1) is 6.04 Å². The van der Waals surface area contributed by atoms with E-state index < -0.39 is 0 Å². The fourth-order valence-corrected chi connectivity index (χ4v) is 4.85. The van der Waals surface area contributed by atoms with Crippen molar-refractivity contribution in [3.63, 3.8) is 0 Å². The second-order valence-electron chi connectivity index (χ2n) is 8.53. The van der Waals surface area contributed by atoms with Gasteiger partial charge in [0.1, 0.15) is 0 Å². The van der Waals surface area contributed by atoms with E-state index >= 15 is 0 Å². The Morgan fingerprint density at radius 3 is 2.42 bits per heavy atom. The maximum absolute atomic E-state index is 12.3. The van der Waals surface area contributed by atoms with Crippen LogP contribution in [0.1, 0.15) is 66.6 Å². The van der Waals surface area contributed by atoms with E-state index in [1.165, 1.54) is 5.56 Å². The van der Waals surface area contributed by atoms with E-state index in [2.05, 4.69) is 41.8 Å². The minimum Gasteiger partial charge on any atom is -0.381 e. The van der Waals surface area contributed by atoms with Crippen molar-refractivity contribution in [3.05, 3.63) is 59.2 Å². The molecular formula is C25H31N3O3. The number of carbonyl (C=O) groups is 2. The Balaban J connectivity index is 1.61. The molecule has 2 unspecified atom stereocenters. The van der Waals surface area contributed by atoms with Crippen LogP contribution in [0.3, 0.4) is 0 Å². The molecule has 2 atom stereocenters. The van der Waals surface area contributed by atoms with E-state index in [0.29, 0.717) is 11.5 Å². The first-order chi connectivity index (χ1) is 15.0. The number of ether oxygens (including phenoxy) is 1. The summed E-state index contributed by atoms with van der Waals surface area (Å²) in [6.45, 7) is 5.33. The molecular weight excluding hydrogens is 390 g/mol. The number of nitrogens with zero attached hydrogens (tertiary/aromatic N) is 1. The quantitative estimate of drug-likeness (QED) is 0.775. The zero-order valence-electron chi connectivity index (χ0n) is 18.5. The Labute approximate surface area is 184 Å². The molecule has 2 aromatic rings. The number of carbonyl (C=O) groups excluding carboxylic acids is 2. The van der Waals surface area contributed by atoms with E-state index in [4.69, 9.17) is 4.74 Å². The van der Waals surface area contributed by atoms with Gasteiger partial charge in [-0.25, -0.2) is 0 Å². The number of nitrogens with one attached hydrogen (secondary N) is 2. The van der Waals surface area contributed by atoms with E-state index in [9.17, 15) is 9.59 Å². The Kier molecular flexibility index (Phi) is 6.28. The summed E-state index contributed by atoms with van der Waals surface area (Å²) < 4.78 is 5.48. The number of anilines is 2. The summed E-state index contributed by atoms with van der Waals surface area (Å²) in [4.78, 5) is 26.4. The summed E-state index contributed by atoms with van der Waals surface area (Å²) in [5.41, 5.74) is 4.84. The number of fused-ring (bicyclic) bond motifs is 1. The molecule has 4 rings (SSSR count). The lowest BCUT2D eigenvalue weighted by Crippen LogP contribution is -2.43. The first kappa shape index (κ1) is 21.4. The van der Waals surface area contributed by atoms with Crippen LogP contribution in [-0.4, -0.2) is 38.1 Å². The van der Waals surface area contributed by atoms with Crippen molar-refractivity contribution >= 4 is 23.2 Å². The summed E-state index contributed by atoms with van der Waals surface area (Å²) in [6.07, 6.45) is 2.92. The molecule has 6 heteroatoms. The molecule has 0 saturated carbocycles. The number of amides is 2. The molecule has 2 N–H and O–H groups in total. The van der Waals surface area contributed by atoms with Crippen LogP contribution in [0.4, 0.5) is 11.4 Å². The fourth-order valence-electron chi connectivity index (χ4n) is 4.85. The lowest BCUT2D eigenvalue weighted by atomic mass is 9.89. The Morgan fingerprint density at radius 1 is 1.06 bits per heavy atom. The predicted molar refractivity (Wildman–Crippen MR) is 123 cm³/mol. The first-order valence-corrected chi connectivity index (χ1v) is 11.1. The van der Waals surface area contributed by atoms with Crippen LogP contribution >= 0.6 is 0 Å². The Hall–Kier alpha value is -2.86. The minimum atomic E-state index is -0.129. The largest absolute Gasteiger partial charge is 0.381 e. The highest BCUT2D eigenvalue weighted by Crippen LogP contribution is 2.40. The smallest absolute Gasteiger partial charge is 0.251 e. The molecule has 0 aromatic heterocycles. The maximum atomic E-state index is 12.3. The molecule has 1 fully saturated rings. The van der Waals surface area contributed by atoms with Crippen molar-refractivity contribution in [2.24, 2.45) is 0 Å². The standard InChI is InChI=1S/C25H31N3O3/c1-16-14-23(27-21-7-4-18(5-8-21)19-10-12-31-13-11-19)22-15-20(25(30)26-3)6-9-24(22)28(16)17(2)29/h4-9,15-16,19,23,27H,10-14H2,1-3H3,(H,26,30). The summed E-state index contributed by atoms with van der Waals surface area (Å²) in [5, 5.41) is 6.33. The molecule has 2 aliphatic rings. The van der Waals surface area contributed by atoms with Gasteiger partial charge in [-0.1, -0.05) is 12.1 Å². The van der Waals surface area contributed by atoms with Crippen LogP contribution in [0.2, 0.25) is 0 Å². The SMILES string of the molecule is CNC(=O)c1ccc2c(c1)C(Nc1ccc(C3CCOCC3)cc1)CC(C)N2C(C)=O. The number of hydrogen-bond donors (Lipinski definition) is 2. The van der Waals surface area contributed by atoms with Gasteiger partial charge >= 0.3 is 0 Å². The van der Waals surface area contributed by atoms with E-state index in [0.717, 1.165) is 49.4 Å². The molecule has 164 valence electrons. The van der Waals surface area contributed by atoms with E-state index in [1.807, 2.05) is 17.0 Å². The average Bonchev–Trinajstić information content (AvgIpc) is 2.79. The molecule has 2 aromatic carbocycles. The molecule has 2 aliphatic heterocycles. The minimum absolute atomic E-state index is 0.0131. The third kappa shape index (κ3) is 4.44. The van der Waals surface area contributed by atoms with Gasteiger partial charge in [0.15, 0.2) is 0 Å². The van der Waals surface area contributed by atoms with Gasteiger partial charge in [-0.3, -0.25) is 9.59 Å². The molecule has 0 spiro atoms. The molecule has 2 amide bonds. The number of hydrogen-bond acceptors (Lipinski definition) is 4. The van der Waals surface area contributed by atoms with Crippen LogP contribution < -0.4 is 15.5 Å². The predicted octanol–water partition coefficient (Wildman–Crippen LogP) is 4.24. The highest BCUT2D eigenvalue weighted by Gasteiger charge is 2.33. The van der Waals surface area contributed by atoms with Crippen molar-refractivity contribution in [1.29, 1.82) is 0 Å². The van der Waals surface area contributed by atoms with Crippen LogP contribution in [0.15, 0.2) is 42.5 Å². The second-order valence-corrected chi connectivity index (χ2v) is 8.53. The van der Waals surface area contributed by atoms with Crippen LogP contribution in [0.5, 0.6) is 0 Å². The molecule has 0 bridgehead atoms. The van der Waals surface area contributed by atoms with Crippen molar-refractivity contribution < 1.29 is 14.3 Å². The molecule has 1 saturated heterocycles. The third-order valence-corrected chi connectivity index (χ3v) is 6.45. The topological polar surface area (TPSA) is 70.7 Å². The highest BCUT2D eigenvalue weighted by atomic mass is 16.5. The van der Waals surface area contributed by atoms with Gasteiger partial charge in [0.25, 0.3) is 5.91 Å². The molecule has 2 heterocycles. The summed E-state index contributed by atoms with van der Waals surface area (Å²) in [6, 6.07) is 14.3. The fraction of sp³-hybridized carbons (Fsp3) is 0.440. The van der Waals surface area contributed by atoms with Crippen molar-refractivity contribution in [1.82, 2.24) is 5.32 Å². The van der Waals surface area contributed by atoms with Gasteiger partial charge in [-0.2, -0.15) is 0 Å². The average molecular weight is 422 g/mol. The Morgan fingerprint density at radius 2 is 1.77 bits per heavy atom. The number of rotatable bonds is 4.